The molecule has 2 N–H and O–H groups in total. The third kappa shape index (κ3) is 5.11. The van der Waals surface area contributed by atoms with Crippen LogP contribution < -0.4 is 20.1 Å². The molecule has 162 valence electrons. The monoisotopic (exact) mass is 456 g/mol. The Morgan fingerprint density at radius 2 is 2.06 bits per heavy atom. The molecule has 4 rings (SSSR count). The van der Waals surface area contributed by atoms with E-state index >= 15 is 0 Å². The van der Waals surface area contributed by atoms with Gasteiger partial charge in [-0.2, -0.15) is 0 Å². The van der Waals surface area contributed by atoms with E-state index in [1.807, 2.05) is 25.1 Å². The standard InChI is InChI=1S/C22H24N4O3S2/c1-4-15-7-5-6-13(2)20(15)24-21-25-26-22(31-21)30-11-19(27)23-14(3)16-8-9-17-18(10-16)29-12-28-17/h5-10,14H,4,11-12H2,1-3H3,(H,23,27)(H,24,25)/t14-/m0/s1. The van der Waals surface area contributed by atoms with Crippen molar-refractivity contribution >= 4 is 39.8 Å². The minimum atomic E-state index is -0.136. The number of hydrogen-bond acceptors (Lipinski definition) is 8. The van der Waals surface area contributed by atoms with E-state index in [-0.39, 0.29) is 24.5 Å². The predicted octanol–water partition coefficient (Wildman–Crippen LogP) is 4.85. The number of para-hydroxylation sites is 1. The number of anilines is 2. The highest BCUT2D eigenvalue weighted by atomic mass is 32.2. The number of carbonyl (C=O) groups is 1. The van der Waals surface area contributed by atoms with Gasteiger partial charge in [0.2, 0.25) is 17.8 Å². The molecule has 0 bridgehead atoms. The van der Waals surface area contributed by atoms with Crippen LogP contribution in [0.5, 0.6) is 11.5 Å². The molecule has 2 aromatic carbocycles. The van der Waals surface area contributed by atoms with Crippen LogP contribution in [0.4, 0.5) is 10.8 Å². The lowest BCUT2D eigenvalue weighted by Crippen LogP contribution is -2.28. The van der Waals surface area contributed by atoms with E-state index in [2.05, 4.69) is 52.9 Å². The van der Waals surface area contributed by atoms with Gasteiger partial charge in [0.15, 0.2) is 15.8 Å². The quantitative estimate of drug-likeness (QED) is 0.469. The second kappa shape index (κ2) is 9.57. The maximum absolute atomic E-state index is 12.4. The van der Waals surface area contributed by atoms with Gasteiger partial charge in [-0.25, -0.2) is 0 Å². The Bertz CT molecular complexity index is 1090. The van der Waals surface area contributed by atoms with Crippen LogP contribution in [0.15, 0.2) is 40.7 Å². The summed E-state index contributed by atoms with van der Waals surface area (Å²) in [7, 11) is 0. The minimum Gasteiger partial charge on any atom is -0.454 e. The van der Waals surface area contributed by atoms with Crippen molar-refractivity contribution in [2.75, 3.05) is 17.9 Å². The summed E-state index contributed by atoms with van der Waals surface area (Å²) in [6.07, 6.45) is 0.937. The molecule has 1 aromatic heterocycles. The first-order valence-electron chi connectivity index (χ1n) is 10.0. The number of amides is 1. The number of fused-ring (bicyclic) bond motifs is 1. The summed E-state index contributed by atoms with van der Waals surface area (Å²) >= 11 is 2.83. The van der Waals surface area contributed by atoms with Crippen molar-refractivity contribution in [2.24, 2.45) is 0 Å². The van der Waals surface area contributed by atoms with Gasteiger partial charge in [0.05, 0.1) is 11.8 Å². The largest absolute Gasteiger partial charge is 0.454 e. The number of aromatic nitrogens is 2. The van der Waals surface area contributed by atoms with Gasteiger partial charge in [0.1, 0.15) is 0 Å². The lowest BCUT2D eigenvalue weighted by molar-refractivity contribution is -0.119. The molecule has 0 saturated carbocycles. The summed E-state index contributed by atoms with van der Waals surface area (Å²) in [6, 6.07) is 11.8. The van der Waals surface area contributed by atoms with Gasteiger partial charge in [-0.05, 0) is 49.1 Å². The molecule has 0 saturated heterocycles. The van der Waals surface area contributed by atoms with Gasteiger partial charge in [0.25, 0.3) is 0 Å². The van der Waals surface area contributed by atoms with Crippen LogP contribution in [0.1, 0.15) is 36.6 Å². The van der Waals surface area contributed by atoms with Crippen molar-refractivity contribution in [1.82, 2.24) is 15.5 Å². The average Bonchev–Trinajstić information content (AvgIpc) is 3.42. The first kappa shape index (κ1) is 21.5. The number of nitrogens with one attached hydrogen (secondary N) is 2. The molecule has 1 aliphatic heterocycles. The van der Waals surface area contributed by atoms with Gasteiger partial charge in [-0.1, -0.05) is 54.3 Å². The fourth-order valence-electron chi connectivity index (χ4n) is 3.30. The maximum Gasteiger partial charge on any atom is 0.231 e. The second-order valence-electron chi connectivity index (χ2n) is 7.15. The molecule has 3 aromatic rings. The zero-order valence-corrected chi connectivity index (χ0v) is 19.2. The number of ether oxygens (including phenoxy) is 2. The fraction of sp³-hybridized carbons (Fsp3) is 0.318. The normalized spacial score (nSPS) is 13.1. The molecule has 0 spiro atoms. The minimum absolute atomic E-state index is 0.0629. The molecule has 9 heteroatoms. The lowest BCUT2D eigenvalue weighted by Gasteiger charge is -2.14. The van der Waals surface area contributed by atoms with Crippen molar-refractivity contribution in [2.45, 2.75) is 37.6 Å². The summed E-state index contributed by atoms with van der Waals surface area (Å²) in [5, 5.41) is 15.5. The lowest BCUT2D eigenvalue weighted by atomic mass is 10.1. The van der Waals surface area contributed by atoms with Crippen LogP contribution >= 0.6 is 23.1 Å². The molecule has 0 radical (unpaired) electrons. The molecular formula is C22H24N4O3S2. The van der Waals surface area contributed by atoms with E-state index in [0.717, 1.165) is 32.9 Å². The zero-order valence-electron chi connectivity index (χ0n) is 17.6. The number of carbonyl (C=O) groups excluding carboxylic acids is 1. The predicted molar refractivity (Wildman–Crippen MR) is 124 cm³/mol. The number of nitrogens with zero attached hydrogens (tertiary/aromatic N) is 2. The van der Waals surface area contributed by atoms with Gasteiger partial charge in [-0.15, -0.1) is 10.2 Å². The topological polar surface area (TPSA) is 85.4 Å². The molecule has 2 heterocycles. The van der Waals surface area contributed by atoms with Crippen molar-refractivity contribution in [3.8, 4) is 11.5 Å². The van der Waals surface area contributed by atoms with Gasteiger partial charge in [0, 0.05) is 5.69 Å². The highest BCUT2D eigenvalue weighted by molar-refractivity contribution is 8.01. The Kier molecular flexibility index (Phi) is 6.62. The second-order valence-corrected chi connectivity index (χ2v) is 9.35. The van der Waals surface area contributed by atoms with E-state index < -0.39 is 0 Å². The Balaban J connectivity index is 1.31. The summed E-state index contributed by atoms with van der Waals surface area (Å²) in [5.74, 6) is 1.65. The number of benzene rings is 2. The molecule has 0 unspecified atom stereocenters. The third-order valence-corrected chi connectivity index (χ3v) is 6.95. The fourth-order valence-corrected chi connectivity index (χ4v) is 4.87. The van der Waals surface area contributed by atoms with E-state index in [4.69, 9.17) is 9.47 Å². The number of thioether (sulfide) groups is 1. The van der Waals surface area contributed by atoms with Crippen molar-refractivity contribution in [1.29, 1.82) is 0 Å². The molecule has 0 fully saturated rings. The Hall–Kier alpha value is -2.78. The molecule has 7 nitrogen and oxygen atoms in total. The SMILES string of the molecule is CCc1cccc(C)c1Nc1nnc(SCC(=O)N[C@@H](C)c2ccc3c(c2)OCO3)s1. The highest BCUT2D eigenvalue weighted by Gasteiger charge is 2.17. The number of hydrogen-bond donors (Lipinski definition) is 2. The smallest absolute Gasteiger partial charge is 0.231 e. The van der Waals surface area contributed by atoms with Crippen LogP contribution in [-0.4, -0.2) is 28.7 Å². The Morgan fingerprint density at radius 3 is 2.90 bits per heavy atom. The van der Waals surface area contributed by atoms with E-state index in [1.54, 1.807) is 0 Å². The molecule has 1 aliphatic rings. The highest BCUT2D eigenvalue weighted by Crippen LogP contribution is 2.34. The molecule has 1 amide bonds. The molecular weight excluding hydrogens is 432 g/mol. The van der Waals surface area contributed by atoms with Crippen molar-refractivity contribution < 1.29 is 14.3 Å². The first-order valence-corrected chi connectivity index (χ1v) is 11.8. The van der Waals surface area contributed by atoms with Gasteiger partial charge < -0.3 is 20.1 Å². The molecule has 1 atom stereocenters. The third-order valence-electron chi connectivity index (χ3n) is 4.98. The van der Waals surface area contributed by atoms with Crippen LogP contribution in [0.25, 0.3) is 0 Å². The first-order chi connectivity index (χ1) is 15.0. The molecule has 31 heavy (non-hydrogen) atoms. The zero-order chi connectivity index (χ0) is 21.8. The van der Waals surface area contributed by atoms with E-state index in [0.29, 0.717) is 5.75 Å². The van der Waals surface area contributed by atoms with Crippen molar-refractivity contribution in [3.63, 3.8) is 0 Å². The number of rotatable bonds is 8. The van der Waals surface area contributed by atoms with Crippen molar-refractivity contribution in [3.05, 3.63) is 53.1 Å². The van der Waals surface area contributed by atoms with Gasteiger partial charge >= 0.3 is 0 Å². The maximum atomic E-state index is 12.4. The van der Waals surface area contributed by atoms with Crippen LogP contribution in [-0.2, 0) is 11.2 Å². The van der Waals surface area contributed by atoms with Crippen LogP contribution in [0.3, 0.4) is 0 Å². The summed E-state index contributed by atoms with van der Waals surface area (Å²) in [6.45, 7) is 6.38. The van der Waals surface area contributed by atoms with E-state index in [9.17, 15) is 4.79 Å². The summed E-state index contributed by atoms with van der Waals surface area (Å²) < 4.78 is 11.5. The number of aryl methyl sites for hydroxylation is 2. The Labute approximate surface area is 189 Å². The summed E-state index contributed by atoms with van der Waals surface area (Å²) in [5.41, 5.74) is 4.45. The Morgan fingerprint density at radius 1 is 1.23 bits per heavy atom. The average molecular weight is 457 g/mol. The molecule has 0 aliphatic carbocycles. The van der Waals surface area contributed by atoms with Crippen LogP contribution in [0.2, 0.25) is 0 Å². The van der Waals surface area contributed by atoms with Crippen LogP contribution in [0, 0.1) is 6.92 Å². The van der Waals surface area contributed by atoms with Gasteiger partial charge in [-0.3, -0.25) is 4.79 Å². The van der Waals surface area contributed by atoms with E-state index in [1.165, 1.54) is 34.2 Å². The summed E-state index contributed by atoms with van der Waals surface area (Å²) in [4.78, 5) is 12.4.